The second-order valence-electron chi connectivity index (χ2n) is 5.88. The molecule has 3 N–H and O–H groups in total. The summed E-state index contributed by atoms with van der Waals surface area (Å²) in [5.41, 5.74) is 7.75. The summed E-state index contributed by atoms with van der Waals surface area (Å²) >= 11 is 5.97. The number of pyridine rings is 1. The highest BCUT2D eigenvalue weighted by Crippen LogP contribution is 2.17. The average Bonchev–Trinajstić information content (AvgIpc) is 2.72. The Morgan fingerprint density at radius 2 is 2.05 bits per heavy atom. The van der Waals surface area contributed by atoms with Crippen LogP contribution in [0.5, 0.6) is 0 Å². The van der Waals surface area contributed by atoms with E-state index < -0.39 is 0 Å². The summed E-state index contributed by atoms with van der Waals surface area (Å²) in [5.74, 6) is 0.516. The summed E-state index contributed by atoms with van der Waals surface area (Å²) in [6.07, 6.45) is 11.4. The topological polar surface area (TPSA) is 67.7 Å². The number of nitrogens with two attached hydrogens (primary N) is 1. The Morgan fingerprint density at radius 1 is 1.27 bits per heavy atom. The summed E-state index contributed by atoms with van der Waals surface area (Å²) in [6.45, 7) is 0.477. The summed E-state index contributed by atoms with van der Waals surface area (Å²) in [5, 5.41) is 4.03. The number of guanidine groups is 1. The van der Waals surface area contributed by atoms with Gasteiger partial charge in [0.25, 0.3) is 0 Å². The number of hydrogen-bond donors (Lipinski definition) is 2. The minimum atomic E-state index is 0.464. The maximum Gasteiger partial charge on any atom is 0.189 e. The molecule has 1 aliphatic rings. The quantitative estimate of drug-likeness (QED) is 0.519. The first-order valence-electron chi connectivity index (χ1n) is 7.90. The van der Waals surface area contributed by atoms with Crippen LogP contribution in [0.1, 0.15) is 44.2 Å². The van der Waals surface area contributed by atoms with E-state index >= 15 is 0 Å². The maximum atomic E-state index is 6.00. The average molecular weight is 320 g/mol. The number of imidazole rings is 1. The number of nitrogens with one attached hydrogen (secondary N) is 1. The minimum absolute atomic E-state index is 0.464. The van der Waals surface area contributed by atoms with Gasteiger partial charge in [0.15, 0.2) is 5.96 Å². The number of hydrogen-bond acceptors (Lipinski definition) is 2. The van der Waals surface area contributed by atoms with Crippen LogP contribution < -0.4 is 11.1 Å². The molecular formula is C16H22ClN5. The van der Waals surface area contributed by atoms with Gasteiger partial charge in [-0.1, -0.05) is 37.3 Å². The summed E-state index contributed by atoms with van der Waals surface area (Å²) in [7, 11) is 0. The van der Waals surface area contributed by atoms with Gasteiger partial charge in [0.1, 0.15) is 5.65 Å². The summed E-state index contributed by atoms with van der Waals surface area (Å²) in [4.78, 5) is 8.91. The highest BCUT2D eigenvalue weighted by atomic mass is 35.5. The smallest absolute Gasteiger partial charge is 0.189 e. The lowest BCUT2D eigenvalue weighted by molar-refractivity contribution is 0.530. The first-order chi connectivity index (χ1) is 10.7. The van der Waals surface area contributed by atoms with Crippen molar-refractivity contribution >= 4 is 23.2 Å². The minimum Gasteiger partial charge on any atom is -0.370 e. The van der Waals surface area contributed by atoms with Crippen molar-refractivity contribution in [2.24, 2.45) is 10.7 Å². The van der Waals surface area contributed by atoms with Crippen LogP contribution in [0, 0.1) is 0 Å². The Bertz CT molecular complexity index is 656. The third-order valence-electron chi connectivity index (χ3n) is 4.08. The molecule has 0 amide bonds. The summed E-state index contributed by atoms with van der Waals surface area (Å²) < 4.78 is 1.90. The van der Waals surface area contributed by atoms with Crippen molar-refractivity contribution in [1.29, 1.82) is 0 Å². The highest BCUT2D eigenvalue weighted by Gasteiger charge is 2.12. The molecule has 118 valence electrons. The molecule has 0 aromatic carbocycles. The molecule has 0 radical (unpaired) electrons. The Morgan fingerprint density at radius 3 is 2.82 bits per heavy atom. The van der Waals surface area contributed by atoms with Crippen LogP contribution in [-0.4, -0.2) is 21.4 Å². The zero-order valence-electron chi connectivity index (χ0n) is 12.6. The molecule has 0 atom stereocenters. The zero-order chi connectivity index (χ0) is 15.4. The molecule has 0 bridgehead atoms. The molecule has 2 heterocycles. The summed E-state index contributed by atoms with van der Waals surface area (Å²) in [6, 6.07) is 4.19. The van der Waals surface area contributed by atoms with Gasteiger partial charge in [0, 0.05) is 18.4 Å². The molecule has 1 saturated carbocycles. The molecule has 22 heavy (non-hydrogen) atoms. The molecule has 0 saturated heterocycles. The van der Waals surface area contributed by atoms with Crippen molar-refractivity contribution in [3.63, 3.8) is 0 Å². The molecule has 0 spiro atoms. The molecule has 3 rings (SSSR count). The van der Waals surface area contributed by atoms with Crippen molar-refractivity contribution in [2.75, 3.05) is 0 Å². The van der Waals surface area contributed by atoms with Crippen LogP contribution in [0.2, 0.25) is 5.02 Å². The number of aliphatic imine (C=N–C) groups is 1. The number of rotatable bonds is 3. The third kappa shape index (κ3) is 3.91. The Hall–Kier alpha value is -1.75. The van der Waals surface area contributed by atoms with Gasteiger partial charge in [-0.2, -0.15) is 0 Å². The predicted octanol–water partition coefficient (Wildman–Crippen LogP) is 3.11. The van der Waals surface area contributed by atoms with E-state index in [-0.39, 0.29) is 0 Å². The van der Waals surface area contributed by atoms with Crippen LogP contribution >= 0.6 is 11.6 Å². The van der Waals surface area contributed by atoms with Gasteiger partial charge in [0.2, 0.25) is 0 Å². The van der Waals surface area contributed by atoms with E-state index in [2.05, 4.69) is 15.3 Å². The second-order valence-corrected chi connectivity index (χ2v) is 6.32. The van der Waals surface area contributed by atoms with E-state index in [0.717, 1.165) is 11.3 Å². The first kappa shape index (κ1) is 15.2. The van der Waals surface area contributed by atoms with E-state index in [1.165, 1.54) is 38.5 Å². The fourth-order valence-electron chi connectivity index (χ4n) is 2.94. The van der Waals surface area contributed by atoms with E-state index in [1.54, 1.807) is 0 Å². The van der Waals surface area contributed by atoms with Crippen LogP contribution in [0.4, 0.5) is 0 Å². The molecule has 5 nitrogen and oxygen atoms in total. The van der Waals surface area contributed by atoms with Crippen molar-refractivity contribution in [2.45, 2.75) is 51.1 Å². The predicted molar refractivity (Wildman–Crippen MR) is 90.2 cm³/mol. The van der Waals surface area contributed by atoms with Gasteiger partial charge in [-0.25, -0.2) is 9.98 Å². The number of nitrogens with zero attached hydrogens (tertiary/aromatic N) is 3. The molecule has 6 heteroatoms. The van der Waals surface area contributed by atoms with Gasteiger partial charge in [0.05, 0.1) is 17.3 Å². The van der Waals surface area contributed by atoms with E-state index in [4.69, 9.17) is 17.3 Å². The first-order valence-corrected chi connectivity index (χ1v) is 8.28. The molecule has 0 aliphatic heterocycles. The van der Waals surface area contributed by atoms with Crippen molar-refractivity contribution in [3.8, 4) is 0 Å². The molecule has 0 unspecified atom stereocenters. The zero-order valence-corrected chi connectivity index (χ0v) is 13.4. The maximum absolute atomic E-state index is 6.00. The monoisotopic (exact) mass is 319 g/mol. The number of fused-ring (bicyclic) bond motifs is 1. The normalized spacial score (nSPS) is 17.6. The molecule has 1 aliphatic carbocycles. The lowest BCUT2D eigenvalue weighted by Crippen LogP contribution is -2.39. The SMILES string of the molecule is NC(=NCc1cn2cc(Cl)ccc2n1)NC1CCCCCC1. The molecule has 2 aromatic heterocycles. The number of halogens is 1. The lowest BCUT2D eigenvalue weighted by Gasteiger charge is -2.16. The Balaban J connectivity index is 1.61. The fourth-order valence-corrected chi connectivity index (χ4v) is 3.11. The Kier molecular flexibility index (Phi) is 4.83. The van der Waals surface area contributed by atoms with Gasteiger partial charge in [-0.05, 0) is 25.0 Å². The standard InChI is InChI=1S/C16H22ClN5/c17-12-7-8-15-20-14(11-22(15)10-12)9-19-16(18)21-13-5-3-1-2-4-6-13/h7-8,10-11,13H,1-6,9H2,(H3,18,19,21). The Labute approximate surface area is 135 Å². The third-order valence-corrected chi connectivity index (χ3v) is 4.31. The van der Waals surface area contributed by atoms with Gasteiger partial charge >= 0.3 is 0 Å². The van der Waals surface area contributed by atoms with Crippen molar-refractivity contribution in [1.82, 2.24) is 14.7 Å². The van der Waals surface area contributed by atoms with E-state index in [1.807, 2.05) is 28.9 Å². The van der Waals surface area contributed by atoms with E-state index in [0.29, 0.717) is 23.6 Å². The van der Waals surface area contributed by atoms with Crippen LogP contribution in [0.3, 0.4) is 0 Å². The van der Waals surface area contributed by atoms with Gasteiger partial charge in [-0.15, -0.1) is 0 Å². The number of aromatic nitrogens is 2. The van der Waals surface area contributed by atoms with Crippen LogP contribution in [-0.2, 0) is 6.54 Å². The van der Waals surface area contributed by atoms with Crippen molar-refractivity contribution in [3.05, 3.63) is 35.2 Å². The molecule has 2 aromatic rings. The van der Waals surface area contributed by atoms with Gasteiger partial charge in [-0.3, -0.25) is 0 Å². The molecule has 1 fully saturated rings. The van der Waals surface area contributed by atoms with Crippen LogP contribution in [0.25, 0.3) is 5.65 Å². The highest BCUT2D eigenvalue weighted by molar-refractivity contribution is 6.30. The van der Waals surface area contributed by atoms with Crippen molar-refractivity contribution < 1.29 is 0 Å². The largest absolute Gasteiger partial charge is 0.370 e. The van der Waals surface area contributed by atoms with Crippen LogP contribution in [0.15, 0.2) is 29.5 Å². The fraction of sp³-hybridized carbons (Fsp3) is 0.500. The van der Waals surface area contributed by atoms with Gasteiger partial charge < -0.3 is 15.5 Å². The second kappa shape index (κ2) is 7.01. The molecular weight excluding hydrogens is 298 g/mol. The van der Waals surface area contributed by atoms with E-state index in [9.17, 15) is 0 Å². The lowest BCUT2D eigenvalue weighted by atomic mass is 10.1.